The summed E-state index contributed by atoms with van der Waals surface area (Å²) in [5, 5.41) is 20.4. The predicted octanol–water partition coefficient (Wildman–Crippen LogP) is 2.71. The number of hydrogen-bond acceptors (Lipinski definition) is 2. The van der Waals surface area contributed by atoms with Gasteiger partial charge >= 0.3 is 11.9 Å². The van der Waals surface area contributed by atoms with E-state index in [4.69, 9.17) is 0 Å². The van der Waals surface area contributed by atoms with Gasteiger partial charge in [-0.3, -0.25) is 0 Å². The van der Waals surface area contributed by atoms with Gasteiger partial charge in [0.15, 0.2) is 0 Å². The third-order valence-electron chi connectivity index (χ3n) is 3.68. The van der Waals surface area contributed by atoms with E-state index < -0.39 is 11.9 Å². The summed E-state index contributed by atoms with van der Waals surface area (Å²) in [4.78, 5) is 22.8. The van der Waals surface area contributed by atoms with Crippen molar-refractivity contribution in [1.29, 1.82) is 0 Å². The number of hydrogen-bond donors (Lipinski definition) is 2. The maximum atomic E-state index is 11.6. The Bertz CT molecular complexity index is 771. The number of aliphatic carboxylic acids is 2. The summed E-state index contributed by atoms with van der Waals surface area (Å²) in [5.41, 5.74) is 1.36. The van der Waals surface area contributed by atoms with Gasteiger partial charge in [-0.2, -0.15) is 0 Å². The van der Waals surface area contributed by atoms with Gasteiger partial charge in [0, 0.05) is 5.56 Å². The summed E-state index contributed by atoms with van der Waals surface area (Å²) in [6.45, 7) is 0. The fourth-order valence-electron chi connectivity index (χ4n) is 2.81. The summed E-state index contributed by atoms with van der Waals surface area (Å²) in [6, 6.07) is 11.3. The Kier molecular flexibility index (Phi) is 2.79. The molecule has 1 aliphatic carbocycles. The van der Waals surface area contributed by atoms with E-state index in [0.29, 0.717) is 12.0 Å². The lowest BCUT2D eigenvalue weighted by Gasteiger charge is -2.20. The van der Waals surface area contributed by atoms with Crippen LogP contribution in [0.5, 0.6) is 0 Å². The van der Waals surface area contributed by atoms with Gasteiger partial charge < -0.3 is 10.2 Å². The largest absolute Gasteiger partial charge is 0.478 e. The van der Waals surface area contributed by atoms with Gasteiger partial charge in [0.2, 0.25) is 0 Å². The molecule has 20 heavy (non-hydrogen) atoms. The summed E-state index contributed by atoms with van der Waals surface area (Å²) in [6.07, 6.45) is 0.806. The zero-order valence-corrected chi connectivity index (χ0v) is 10.6. The molecule has 100 valence electrons. The Morgan fingerprint density at radius 1 is 0.900 bits per heavy atom. The molecule has 0 saturated heterocycles. The monoisotopic (exact) mass is 268 g/mol. The number of carboxylic acids is 2. The van der Waals surface area contributed by atoms with E-state index in [2.05, 4.69) is 0 Å². The molecule has 3 rings (SSSR count). The van der Waals surface area contributed by atoms with E-state index in [0.717, 1.165) is 16.3 Å². The normalized spacial score (nSPS) is 14.2. The van der Waals surface area contributed by atoms with Crippen molar-refractivity contribution in [3.8, 4) is 0 Å². The first-order valence-corrected chi connectivity index (χ1v) is 6.30. The second-order valence-electron chi connectivity index (χ2n) is 4.78. The van der Waals surface area contributed by atoms with Crippen LogP contribution >= 0.6 is 0 Å². The highest BCUT2D eigenvalue weighted by molar-refractivity contribution is 6.25. The van der Waals surface area contributed by atoms with Crippen LogP contribution in [-0.4, -0.2) is 22.2 Å². The Balaban J connectivity index is 2.43. The van der Waals surface area contributed by atoms with Crippen LogP contribution in [0.25, 0.3) is 16.3 Å². The Morgan fingerprint density at radius 3 is 2.35 bits per heavy atom. The van der Waals surface area contributed by atoms with Crippen molar-refractivity contribution in [2.45, 2.75) is 12.8 Å². The van der Waals surface area contributed by atoms with Crippen LogP contribution in [0.4, 0.5) is 0 Å². The zero-order valence-electron chi connectivity index (χ0n) is 10.6. The van der Waals surface area contributed by atoms with Crippen molar-refractivity contribution in [3.63, 3.8) is 0 Å². The van der Waals surface area contributed by atoms with Gasteiger partial charge in [0.05, 0.1) is 11.1 Å². The summed E-state index contributed by atoms with van der Waals surface area (Å²) < 4.78 is 0. The highest BCUT2D eigenvalue weighted by Gasteiger charge is 2.29. The minimum atomic E-state index is -1.18. The highest BCUT2D eigenvalue weighted by atomic mass is 16.4. The molecular weight excluding hydrogens is 256 g/mol. The van der Waals surface area contributed by atoms with E-state index >= 15 is 0 Å². The van der Waals surface area contributed by atoms with Crippen molar-refractivity contribution in [1.82, 2.24) is 0 Å². The second kappa shape index (κ2) is 4.49. The fraction of sp³-hybridized carbons (Fsp3) is 0.125. The molecule has 1 aliphatic rings. The molecule has 0 saturated carbocycles. The van der Waals surface area contributed by atoms with Crippen LogP contribution in [-0.2, 0) is 16.0 Å². The van der Waals surface area contributed by atoms with Crippen LogP contribution in [0.3, 0.4) is 0 Å². The topological polar surface area (TPSA) is 74.6 Å². The lowest BCUT2D eigenvalue weighted by Crippen LogP contribution is -2.17. The number of fused-ring (bicyclic) bond motifs is 3. The predicted molar refractivity (Wildman–Crippen MR) is 74.5 cm³/mol. The molecule has 0 fully saturated rings. The van der Waals surface area contributed by atoms with Crippen molar-refractivity contribution < 1.29 is 19.8 Å². The van der Waals surface area contributed by atoms with Gasteiger partial charge in [0.25, 0.3) is 0 Å². The van der Waals surface area contributed by atoms with Crippen LogP contribution in [0.1, 0.15) is 17.5 Å². The van der Waals surface area contributed by atoms with Gasteiger partial charge in [0.1, 0.15) is 0 Å². The Morgan fingerprint density at radius 2 is 1.65 bits per heavy atom. The number of carbonyl (C=O) groups is 2. The van der Waals surface area contributed by atoms with Crippen molar-refractivity contribution >= 4 is 28.3 Å². The van der Waals surface area contributed by atoms with Crippen LogP contribution in [0.2, 0.25) is 0 Å². The van der Waals surface area contributed by atoms with Crippen molar-refractivity contribution in [2.75, 3.05) is 0 Å². The summed E-state index contributed by atoms with van der Waals surface area (Å²) in [7, 11) is 0. The first kappa shape index (κ1) is 12.4. The standard InChI is InChI=1S/C16H12O4/c17-15(18)12-8-7-10-6-5-9-3-1-2-4-11(9)13(10)14(12)16(19)20/h1-6H,7-8H2,(H,17,18)(H,19,20). The number of benzene rings is 2. The molecule has 0 aromatic heterocycles. The highest BCUT2D eigenvalue weighted by Crippen LogP contribution is 2.36. The van der Waals surface area contributed by atoms with Crippen LogP contribution in [0.15, 0.2) is 42.0 Å². The number of aryl methyl sites for hydroxylation is 1. The van der Waals surface area contributed by atoms with E-state index in [9.17, 15) is 19.8 Å². The second-order valence-corrected chi connectivity index (χ2v) is 4.78. The molecule has 2 N–H and O–H groups in total. The third-order valence-corrected chi connectivity index (χ3v) is 3.68. The molecule has 0 heterocycles. The number of carboxylic acid groups (broad SMARTS) is 2. The van der Waals surface area contributed by atoms with E-state index in [1.807, 2.05) is 36.4 Å². The first-order chi connectivity index (χ1) is 9.59. The molecule has 4 nitrogen and oxygen atoms in total. The average Bonchev–Trinajstić information content (AvgIpc) is 2.45. The Labute approximate surface area is 115 Å². The molecule has 0 spiro atoms. The SMILES string of the molecule is O=C(O)C1=C(C(=O)O)c2c(ccc3ccccc23)CC1. The van der Waals surface area contributed by atoms with E-state index in [-0.39, 0.29) is 17.6 Å². The molecule has 4 heteroatoms. The number of rotatable bonds is 2. The van der Waals surface area contributed by atoms with E-state index in [1.54, 1.807) is 0 Å². The smallest absolute Gasteiger partial charge is 0.336 e. The van der Waals surface area contributed by atoms with Gasteiger partial charge in [-0.15, -0.1) is 0 Å². The van der Waals surface area contributed by atoms with Gasteiger partial charge in [-0.1, -0.05) is 36.4 Å². The summed E-state index contributed by atoms with van der Waals surface area (Å²) >= 11 is 0. The molecule has 2 aromatic carbocycles. The van der Waals surface area contributed by atoms with E-state index in [1.165, 1.54) is 0 Å². The van der Waals surface area contributed by atoms with Gasteiger partial charge in [-0.05, 0) is 29.2 Å². The Hall–Kier alpha value is -2.62. The lowest BCUT2D eigenvalue weighted by atomic mass is 9.82. The third kappa shape index (κ3) is 1.77. The molecule has 0 unspecified atom stereocenters. The lowest BCUT2D eigenvalue weighted by molar-refractivity contribution is -0.134. The molecule has 0 atom stereocenters. The molecule has 0 radical (unpaired) electrons. The maximum absolute atomic E-state index is 11.6. The van der Waals surface area contributed by atoms with Gasteiger partial charge in [-0.25, -0.2) is 9.59 Å². The summed E-state index contributed by atoms with van der Waals surface area (Å²) in [5.74, 6) is -2.33. The quantitative estimate of drug-likeness (QED) is 0.878. The molecule has 0 bridgehead atoms. The molecule has 0 aliphatic heterocycles. The minimum Gasteiger partial charge on any atom is -0.478 e. The zero-order chi connectivity index (χ0) is 14.3. The van der Waals surface area contributed by atoms with Crippen LogP contribution in [0, 0.1) is 0 Å². The molecular formula is C16H12O4. The average molecular weight is 268 g/mol. The first-order valence-electron chi connectivity index (χ1n) is 6.30. The van der Waals surface area contributed by atoms with Crippen molar-refractivity contribution in [3.05, 3.63) is 53.1 Å². The molecule has 2 aromatic rings. The molecule has 0 amide bonds. The fourth-order valence-corrected chi connectivity index (χ4v) is 2.81. The maximum Gasteiger partial charge on any atom is 0.336 e. The van der Waals surface area contributed by atoms with Crippen LogP contribution < -0.4 is 0 Å². The van der Waals surface area contributed by atoms with Crippen molar-refractivity contribution in [2.24, 2.45) is 0 Å². The minimum absolute atomic E-state index is 0.0126.